The van der Waals surface area contributed by atoms with Crippen molar-refractivity contribution in [2.45, 2.75) is 180 Å². The quantitative estimate of drug-likeness (QED) is 0.0814. The predicted octanol–water partition coefficient (Wildman–Crippen LogP) is 21.3. The highest BCUT2D eigenvalue weighted by Gasteiger charge is 2.36. The van der Waals surface area contributed by atoms with E-state index in [-0.39, 0.29) is 5.41 Å². The van der Waals surface area contributed by atoms with E-state index < -0.39 is 0 Å². The summed E-state index contributed by atoms with van der Waals surface area (Å²) in [5, 5.41) is 7.42. The van der Waals surface area contributed by atoms with Gasteiger partial charge < -0.3 is 10.6 Å². The van der Waals surface area contributed by atoms with Crippen LogP contribution in [0.1, 0.15) is 187 Å². The molecule has 2 nitrogen and oxygen atoms in total. The summed E-state index contributed by atoms with van der Waals surface area (Å²) in [5.74, 6) is 0. The molecule has 4 aromatic rings. The fourth-order valence-corrected chi connectivity index (χ4v) is 9.14. The van der Waals surface area contributed by atoms with Crippen LogP contribution in [0.2, 0.25) is 0 Å². The normalized spacial score (nSPS) is 13.0. The number of unbranched alkanes of at least 4 members (excludes halogenated alkanes) is 1. The van der Waals surface area contributed by atoms with Crippen molar-refractivity contribution in [3.63, 3.8) is 0 Å². The van der Waals surface area contributed by atoms with Crippen LogP contribution in [0.25, 0.3) is 16.7 Å². The fraction of sp³-hybridized carbons (Fsp3) is 0.391. The van der Waals surface area contributed by atoms with Crippen molar-refractivity contribution in [3.05, 3.63) is 214 Å². The topological polar surface area (TPSA) is 24.1 Å². The van der Waals surface area contributed by atoms with Gasteiger partial charge in [0.1, 0.15) is 0 Å². The lowest BCUT2D eigenvalue weighted by molar-refractivity contribution is 0.660. The van der Waals surface area contributed by atoms with Crippen molar-refractivity contribution in [2.75, 3.05) is 10.6 Å². The summed E-state index contributed by atoms with van der Waals surface area (Å²) in [5.41, 5.74) is 23.3. The van der Waals surface area contributed by atoms with Gasteiger partial charge in [0.25, 0.3) is 0 Å². The van der Waals surface area contributed by atoms with Crippen molar-refractivity contribution < 1.29 is 0 Å². The fourth-order valence-electron chi connectivity index (χ4n) is 9.14. The maximum atomic E-state index is 4.60. The molecule has 0 aromatic heterocycles. The molecule has 0 bridgehead atoms. The maximum absolute atomic E-state index is 4.60. The van der Waals surface area contributed by atoms with Gasteiger partial charge in [0.05, 0.1) is 0 Å². The van der Waals surface area contributed by atoms with Crippen LogP contribution in [0.3, 0.4) is 0 Å². The molecular weight excluding hydrogens is 857 g/mol. The zero-order chi connectivity index (χ0) is 52.9. The molecule has 71 heavy (non-hydrogen) atoms. The number of anilines is 3. The molecule has 0 spiro atoms. The third-order valence-corrected chi connectivity index (χ3v) is 13.2. The summed E-state index contributed by atoms with van der Waals surface area (Å²) < 4.78 is 0. The number of nitrogens with one attached hydrogen (secondary N) is 2. The van der Waals surface area contributed by atoms with E-state index >= 15 is 0 Å². The first-order valence-electron chi connectivity index (χ1n) is 27.3. The van der Waals surface area contributed by atoms with E-state index in [0.717, 1.165) is 92.5 Å². The average Bonchev–Trinajstić information content (AvgIpc) is 3.60. The van der Waals surface area contributed by atoms with Crippen molar-refractivity contribution in [2.24, 2.45) is 0 Å². The molecule has 5 rings (SSSR count). The molecule has 2 heteroatoms. The minimum Gasteiger partial charge on any atom is -0.356 e. The Morgan fingerprint density at radius 1 is 0.549 bits per heavy atom. The van der Waals surface area contributed by atoms with Gasteiger partial charge >= 0.3 is 0 Å². The maximum Gasteiger partial charge on any atom is 0.0387 e. The first kappa shape index (κ1) is 61.3. The summed E-state index contributed by atoms with van der Waals surface area (Å²) in [6, 6.07) is 25.3. The van der Waals surface area contributed by atoms with Gasteiger partial charge in [-0.25, -0.2) is 0 Å². The molecule has 382 valence electrons. The number of hydrogen-bond donors (Lipinski definition) is 2. The molecule has 0 radical (unpaired) electrons. The Morgan fingerprint density at radius 2 is 1.08 bits per heavy atom. The zero-order valence-corrected chi connectivity index (χ0v) is 47.5. The molecule has 1 aliphatic rings. The van der Waals surface area contributed by atoms with E-state index in [9.17, 15) is 0 Å². The van der Waals surface area contributed by atoms with Crippen molar-refractivity contribution in [1.82, 2.24) is 0 Å². The van der Waals surface area contributed by atoms with Gasteiger partial charge in [0.2, 0.25) is 0 Å². The van der Waals surface area contributed by atoms with Crippen LogP contribution in [-0.2, 0) is 37.5 Å². The van der Waals surface area contributed by atoms with Gasteiger partial charge in [-0.1, -0.05) is 202 Å². The lowest BCUT2D eigenvalue weighted by Crippen LogP contribution is -2.15. The second-order valence-corrected chi connectivity index (χ2v) is 18.7. The van der Waals surface area contributed by atoms with Gasteiger partial charge in [-0.15, -0.1) is 0 Å². The Kier molecular flexibility index (Phi) is 28.4. The smallest absolute Gasteiger partial charge is 0.0387 e. The number of hydrogen-bond acceptors (Lipinski definition) is 2. The molecule has 4 aromatic carbocycles. The van der Waals surface area contributed by atoms with E-state index in [0.29, 0.717) is 0 Å². The Morgan fingerprint density at radius 3 is 1.59 bits per heavy atom. The average molecular weight is 954 g/mol. The van der Waals surface area contributed by atoms with Crippen molar-refractivity contribution in [1.29, 1.82) is 0 Å². The van der Waals surface area contributed by atoms with Crippen LogP contribution in [0, 0.1) is 0 Å². The number of allylic oxidation sites excluding steroid dienone is 14. The minimum atomic E-state index is -0.122. The van der Waals surface area contributed by atoms with Crippen LogP contribution >= 0.6 is 0 Å². The van der Waals surface area contributed by atoms with Crippen LogP contribution in [0.4, 0.5) is 17.1 Å². The highest BCUT2D eigenvalue weighted by atomic mass is 14.9. The first-order valence-corrected chi connectivity index (χ1v) is 27.3. The number of benzene rings is 4. The highest BCUT2D eigenvalue weighted by molar-refractivity contribution is 5.87. The molecule has 2 N–H and O–H groups in total. The van der Waals surface area contributed by atoms with Gasteiger partial charge in [-0.05, 0) is 198 Å². The lowest BCUT2D eigenvalue weighted by atomic mass is 9.80. The van der Waals surface area contributed by atoms with E-state index in [1.54, 1.807) is 0 Å². The Hall–Kier alpha value is -5.86. The molecule has 0 fully saturated rings. The van der Waals surface area contributed by atoms with Gasteiger partial charge in [0.15, 0.2) is 0 Å². The van der Waals surface area contributed by atoms with Gasteiger partial charge in [0, 0.05) is 28.2 Å². The van der Waals surface area contributed by atoms with Gasteiger partial charge in [-0.2, -0.15) is 0 Å². The third kappa shape index (κ3) is 18.0. The van der Waals surface area contributed by atoms with Crippen LogP contribution in [-0.4, -0.2) is 0 Å². The molecule has 0 aliphatic heterocycles. The molecule has 0 unspecified atom stereocenters. The molecular formula is C69H96N2. The third-order valence-electron chi connectivity index (χ3n) is 13.2. The molecule has 0 heterocycles. The highest BCUT2D eigenvalue weighted by Crippen LogP contribution is 2.51. The van der Waals surface area contributed by atoms with E-state index in [1.165, 1.54) is 78.8 Å². The molecule has 0 amide bonds. The Labute approximate surface area is 436 Å². The van der Waals surface area contributed by atoms with E-state index in [2.05, 4.69) is 224 Å². The number of rotatable bonds is 21. The summed E-state index contributed by atoms with van der Waals surface area (Å²) in [6.45, 7) is 45.0. The van der Waals surface area contributed by atoms with Crippen LogP contribution in [0.5, 0.6) is 0 Å². The van der Waals surface area contributed by atoms with Crippen LogP contribution in [0.15, 0.2) is 170 Å². The minimum absolute atomic E-state index is 0.122. The van der Waals surface area contributed by atoms with Gasteiger partial charge in [-0.3, -0.25) is 0 Å². The Bertz CT molecular complexity index is 2500. The molecule has 0 saturated carbocycles. The molecule has 0 saturated heterocycles. The standard InChI is InChI=1S/C46H56N2.C11H18.C9H14.C3H8/c1-10-16-17-37(47-38-22-19-32(11-2)34(13-4)26-38)21-18-31(7)42-30-45-43(28-36(42)15-6)41-25-24-40(29-44(41)46(45,8)9)48-39-23-20-33(12-3)35(14-5)27-39;1-5-9-11(8-4)10(6-2)7-3;1-4-7-9(6-3)8-5-2;1-3-2/h17-30,47-48H,7,10-16H2,1-6,8-9H3;5-6,9H,2,7-8H2,1,3-4H3;4-5,7-8H,1,6H2,2-3H3;3H2,1-2H3/b21-18-,37-17+;9-5-,11-10+;8-5-,9-7-;. The zero-order valence-electron chi connectivity index (χ0n) is 47.5. The second-order valence-electron chi connectivity index (χ2n) is 18.7. The summed E-state index contributed by atoms with van der Waals surface area (Å²) in [4.78, 5) is 0. The predicted molar refractivity (Wildman–Crippen MR) is 324 cm³/mol. The second kappa shape index (κ2) is 32.9. The summed E-state index contributed by atoms with van der Waals surface area (Å²) in [7, 11) is 0. The number of aryl methyl sites for hydroxylation is 5. The first-order chi connectivity index (χ1) is 34.2. The Balaban J connectivity index is 0.000000621. The van der Waals surface area contributed by atoms with E-state index in [4.69, 9.17) is 0 Å². The number of fused-ring (bicyclic) bond motifs is 3. The van der Waals surface area contributed by atoms with Crippen molar-refractivity contribution >= 4 is 22.6 Å². The molecule has 0 atom stereocenters. The van der Waals surface area contributed by atoms with Crippen molar-refractivity contribution in [3.8, 4) is 11.1 Å². The summed E-state index contributed by atoms with van der Waals surface area (Å²) in [6.07, 6.45) is 32.7. The van der Waals surface area contributed by atoms with E-state index in [1.807, 2.05) is 38.2 Å². The SMILES string of the molecule is C=C(/C=C\C(=C/CCC)Nc1ccc(CC)c(CC)c1)c1cc2c(cc1CC)-c1ccc(Nc3ccc(CC)c(CC)c3)cc1C2(C)C.C=C/C(CC)=C(\C=C/C)CC.C=C/C=C(\C=C/C)CC.CCC. The monoisotopic (exact) mass is 953 g/mol. The lowest BCUT2D eigenvalue weighted by Gasteiger charge is -2.23. The van der Waals surface area contributed by atoms with Crippen LogP contribution < -0.4 is 10.6 Å². The largest absolute Gasteiger partial charge is 0.356 e. The summed E-state index contributed by atoms with van der Waals surface area (Å²) >= 11 is 0. The molecule has 1 aliphatic carbocycles.